The molecule has 1 rings (SSSR count). The van der Waals surface area contributed by atoms with E-state index in [4.69, 9.17) is 18.0 Å². The number of hydrogen-bond donors (Lipinski definition) is 2. The quantitative estimate of drug-likeness (QED) is 0.777. The number of amides is 1. The van der Waals surface area contributed by atoms with E-state index in [9.17, 15) is 9.59 Å². The van der Waals surface area contributed by atoms with E-state index in [0.717, 1.165) is 0 Å². The van der Waals surface area contributed by atoms with Crippen LogP contribution in [0.4, 0.5) is 0 Å². The third-order valence-corrected chi connectivity index (χ3v) is 2.72. The van der Waals surface area contributed by atoms with Crippen LogP contribution in [0.2, 0.25) is 0 Å². The molecule has 0 atom stereocenters. The minimum absolute atomic E-state index is 0.0405. The molecule has 1 aromatic rings. The predicted octanol–water partition coefficient (Wildman–Crippen LogP) is 0.902. The summed E-state index contributed by atoms with van der Waals surface area (Å²) >= 11 is 4.81. The number of rotatable bonds is 5. The van der Waals surface area contributed by atoms with Crippen molar-refractivity contribution < 1.29 is 4.79 Å². The zero-order valence-electron chi connectivity index (χ0n) is 10.5. The molecule has 0 radical (unpaired) electrons. The van der Waals surface area contributed by atoms with Crippen molar-refractivity contribution in [2.24, 2.45) is 5.73 Å². The van der Waals surface area contributed by atoms with E-state index >= 15 is 0 Å². The van der Waals surface area contributed by atoms with E-state index in [-0.39, 0.29) is 17.5 Å². The molecular weight excluding hydrogens is 250 g/mol. The van der Waals surface area contributed by atoms with Crippen molar-refractivity contribution >= 4 is 23.1 Å². The van der Waals surface area contributed by atoms with E-state index in [1.807, 2.05) is 13.8 Å². The maximum atomic E-state index is 12.2. The van der Waals surface area contributed by atoms with Gasteiger partial charge in [-0.2, -0.15) is 0 Å². The van der Waals surface area contributed by atoms with Crippen molar-refractivity contribution in [3.05, 3.63) is 34.2 Å². The van der Waals surface area contributed by atoms with E-state index in [2.05, 4.69) is 4.98 Å². The van der Waals surface area contributed by atoms with Crippen LogP contribution in [-0.2, 0) is 0 Å². The van der Waals surface area contributed by atoms with Gasteiger partial charge in [0, 0.05) is 31.3 Å². The molecule has 3 N–H and O–H groups in total. The molecule has 5 nitrogen and oxygen atoms in total. The largest absolute Gasteiger partial charge is 0.393 e. The van der Waals surface area contributed by atoms with Gasteiger partial charge in [0.15, 0.2) is 0 Å². The van der Waals surface area contributed by atoms with Crippen LogP contribution >= 0.6 is 12.2 Å². The van der Waals surface area contributed by atoms with Crippen molar-refractivity contribution in [3.8, 4) is 0 Å². The number of aromatic nitrogens is 1. The monoisotopic (exact) mass is 267 g/mol. The van der Waals surface area contributed by atoms with Crippen molar-refractivity contribution in [3.63, 3.8) is 0 Å². The fourth-order valence-corrected chi connectivity index (χ4v) is 1.63. The summed E-state index contributed by atoms with van der Waals surface area (Å²) in [6, 6.07) is 2.88. The van der Waals surface area contributed by atoms with Gasteiger partial charge < -0.3 is 15.6 Å². The number of carbonyl (C=O) groups excluding carboxylic acids is 1. The molecule has 0 fully saturated rings. The van der Waals surface area contributed by atoms with E-state index in [1.54, 1.807) is 4.90 Å². The number of H-pyrrole nitrogens is 1. The lowest BCUT2D eigenvalue weighted by Gasteiger charge is -2.26. The van der Waals surface area contributed by atoms with Crippen LogP contribution in [0.1, 0.15) is 30.6 Å². The SMILES string of the molecule is CC(C)N(CCC(N)=S)C(=O)c1ccc(=O)[nH]c1. The second kappa shape index (κ2) is 6.30. The zero-order valence-corrected chi connectivity index (χ0v) is 11.3. The molecule has 0 unspecified atom stereocenters. The molecule has 0 saturated carbocycles. The van der Waals surface area contributed by atoms with Crippen molar-refractivity contribution in [2.45, 2.75) is 26.3 Å². The summed E-state index contributed by atoms with van der Waals surface area (Å²) in [7, 11) is 0. The van der Waals surface area contributed by atoms with Crippen LogP contribution in [0, 0.1) is 0 Å². The van der Waals surface area contributed by atoms with Crippen LogP contribution in [0.3, 0.4) is 0 Å². The molecule has 1 heterocycles. The van der Waals surface area contributed by atoms with Gasteiger partial charge in [0.1, 0.15) is 0 Å². The standard InChI is InChI=1S/C12H17N3O2S/c1-8(2)15(6-5-10(13)18)12(17)9-3-4-11(16)14-7-9/h3-4,7-8H,5-6H2,1-2H3,(H2,13,18)(H,14,16). The minimum Gasteiger partial charge on any atom is -0.393 e. The molecule has 0 saturated heterocycles. The smallest absolute Gasteiger partial charge is 0.255 e. The summed E-state index contributed by atoms with van der Waals surface area (Å²) in [5, 5.41) is 0. The van der Waals surface area contributed by atoms with Crippen LogP contribution in [0.5, 0.6) is 0 Å². The number of carbonyl (C=O) groups is 1. The molecule has 0 aliphatic rings. The molecule has 1 aromatic heterocycles. The summed E-state index contributed by atoms with van der Waals surface area (Å²) in [5.41, 5.74) is 5.67. The van der Waals surface area contributed by atoms with Crippen LogP contribution in [-0.4, -0.2) is 33.4 Å². The highest BCUT2D eigenvalue weighted by Gasteiger charge is 2.18. The number of hydrogen-bond acceptors (Lipinski definition) is 3. The van der Waals surface area contributed by atoms with E-state index in [0.29, 0.717) is 23.5 Å². The van der Waals surface area contributed by atoms with Gasteiger partial charge in [0.25, 0.3) is 5.91 Å². The number of nitrogens with zero attached hydrogens (tertiary/aromatic N) is 1. The van der Waals surface area contributed by atoms with Crippen molar-refractivity contribution in [1.29, 1.82) is 0 Å². The Morgan fingerprint density at radius 3 is 2.61 bits per heavy atom. The van der Waals surface area contributed by atoms with Gasteiger partial charge in [0.2, 0.25) is 5.56 Å². The number of thiocarbonyl (C=S) groups is 1. The molecule has 0 aliphatic heterocycles. The van der Waals surface area contributed by atoms with Crippen molar-refractivity contribution in [2.75, 3.05) is 6.54 Å². The molecule has 6 heteroatoms. The molecule has 0 bridgehead atoms. The Morgan fingerprint density at radius 1 is 1.50 bits per heavy atom. The maximum absolute atomic E-state index is 12.2. The van der Waals surface area contributed by atoms with Gasteiger partial charge in [-0.05, 0) is 19.9 Å². The number of nitrogens with two attached hydrogens (primary N) is 1. The fraction of sp³-hybridized carbons (Fsp3) is 0.417. The Labute approximate surface area is 111 Å². The van der Waals surface area contributed by atoms with Crippen LogP contribution in [0.25, 0.3) is 0 Å². The first-order valence-corrected chi connectivity index (χ1v) is 6.10. The third-order valence-electron chi connectivity index (χ3n) is 2.51. The number of pyridine rings is 1. The number of aromatic amines is 1. The van der Waals surface area contributed by atoms with Gasteiger partial charge in [-0.1, -0.05) is 12.2 Å². The van der Waals surface area contributed by atoms with Gasteiger partial charge in [-0.25, -0.2) is 0 Å². The summed E-state index contributed by atoms with van der Waals surface area (Å²) < 4.78 is 0. The summed E-state index contributed by atoms with van der Waals surface area (Å²) in [5.74, 6) is -0.141. The van der Waals surface area contributed by atoms with Crippen LogP contribution in [0.15, 0.2) is 23.1 Å². The first kappa shape index (κ1) is 14.4. The zero-order chi connectivity index (χ0) is 13.7. The Balaban J connectivity index is 2.85. The first-order chi connectivity index (χ1) is 8.41. The molecule has 98 valence electrons. The lowest BCUT2D eigenvalue weighted by atomic mass is 10.2. The maximum Gasteiger partial charge on any atom is 0.255 e. The lowest BCUT2D eigenvalue weighted by molar-refractivity contribution is 0.0711. The highest BCUT2D eigenvalue weighted by molar-refractivity contribution is 7.80. The second-order valence-electron chi connectivity index (χ2n) is 4.25. The van der Waals surface area contributed by atoms with Gasteiger partial charge >= 0.3 is 0 Å². The molecule has 0 spiro atoms. The molecular formula is C12H17N3O2S. The average molecular weight is 267 g/mol. The summed E-state index contributed by atoms with van der Waals surface area (Å²) in [4.78, 5) is 27.7. The molecule has 0 aliphatic carbocycles. The molecule has 18 heavy (non-hydrogen) atoms. The van der Waals surface area contributed by atoms with E-state index in [1.165, 1.54) is 18.3 Å². The Bertz CT molecular complexity index is 476. The normalized spacial score (nSPS) is 10.4. The van der Waals surface area contributed by atoms with Gasteiger partial charge in [0.05, 0.1) is 10.6 Å². The fourth-order valence-electron chi connectivity index (χ4n) is 1.53. The molecule has 0 aromatic carbocycles. The average Bonchev–Trinajstić information content (AvgIpc) is 2.29. The third kappa shape index (κ3) is 3.96. The second-order valence-corrected chi connectivity index (χ2v) is 4.77. The first-order valence-electron chi connectivity index (χ1n) is 5.70. The Kier molecular flexibility index (Phi) is 5.03. The van der Waals surface area contributed by atoms with Gasteiger partial charge in [-0.3, -0.25) is 9.59 Å². The Morgan fingerprint density at radius 2 is 2.17 bits per heavy atom. The predicted molar refractivity (Wildman–Crippen MR) is 74.6 cm³/mol. The topological polar surface area (TPSA) is 79.2 Å². The highest BCUT2D eigenvalue weighted by atomic mass is 32.1. The van der Waals surface area contributed by atoms with Gasteiger partial charge in [-0.15, -0.1) is 0 Å². The summed E-state index contributed by atoms with van der Waals surface area (Å²) in [6.45, 7) is 4.32. The number of nitrogens with one attached hydrogen (secondary N) is 1. The minimum atomic E-state index is -0.231. The van der Waals surface area contributed by atoms with Crippen molar-refractivity contribution in [1.82, 2.24) is 9.88 Å². The summed E-state index contributed by atoms with van der Waals surface area (Å²) in [6.07, 6.45) is 1.91. The van der Waals surface area contributed by atoms with E-state index < -0.39 is 0 Å². The highest BCUT2D eigenvalue weighted by Crippen LogP contribution is 2.07. The van der Waals surface area contributed by atoms with Crippen LogP contribution < -0.4 is 11.3 Å². The lowest BCUT2D eigenvalue weighted by Crippen LogP contribution is -2.39. The Hall–Kier alpha value is -1.69. The molecule has 1 amide bonds.